The van der Waals surface area contributed by atoms with E-state index in [1.54, 1.807) is 24.3 Å². The molecule has 0 aliphatic heterocycles. The molecule has 0 aliphatic rings. The summed E-state index contributed by atoms with van der Waals surface area (Å²) in [7, 11) is -2.16. The Morgan fingerprint density at radius 2 is 1.39 bits per heavy atom. The number of esters is 1. The average Bonchev–Trinajstić information content (AvgIpc) is 2.87. The second-order valence-electron chi connectivity index (χ2n) is 9.09. The molecule has 9 heteroatoms. The highest BCUT2D eigenvalue weighted by molar-refractivity contribution is 7.99. The van der Waals surface area contributed by atoms with Crippen molar-refractivity contribution in [3.8, 4) is 5.75 Å². The van der Waals surface area contributed by atoms with Crippen LogP contribution >= 0.6 is 11.8 Å². The first-order valence-electron chi connectivity index (χ1n) is 13.5. The molecule has 0 aromatic heterocycles. The van der Waals surface area contributed by atoms with Crippen LogP contribution in [-0.2, 0) is 19.6 Å². The van der Waals surface area contributed by atoms with E-state index in [-0.39, 0.29) is 11.5 Å². The Morgan fingerprint density at radius 1 is 0.889 bits per heavy atom. The van der Waals surface area contributed by atoms with Crippen LogP contribution in [0.15, 0.2) is 29.2 Å². The number of carbonyl (C=O) groups excluding carboxylic acids is 1. The van der Waals surface area contributed by atoms with Crippen molar-refractivity contribution in [2.24, 2.45) is 0 Å². The summed E-state index contributed by atoms with van der Waals surface area (Å²) in [5, 5.41) is 0. The molecular weight excluding hydrogens is 501 g/mol. The average molecular weight is 548 g/mol. The summed E-state index contributed by atoms with van der Waals surface area (Å²) in [6, 6.07) is 6.57. The molecule has 0 bridgehead atoms. The Labute approximate surface area is 222 Å². The number of methoxy groups -OCH3 is 1. The predicted octanol–water partition coefficient (Wildman–Crippen LogP) is 7.03. The molecule has 1 N–H and O–H groups in total. The van der Waals surface area contributed by atoms with Crippen molar-refractivity contribution in [1.29, 1.82) is 0 Å². The highest BCUT2D eigenvalue weighted by Gasteiger charge is 2.19. The van der Waals surface area contributed by atoms with Crippen LogP contribution < -0.4 is 9.46 Å². The number of rotatable bonds is 23. The molecule has 0 saturated heterocycles. The molecule has 0 radical (unpaired) electrons. The van der Waals surface area contributed by atoms with Gasteiger partial charge in [0.15, 0.2) is 0 Å². The van der Waals surface area contributed by atoms with Crippen LogP contribution in [0.4, 0.5) is 4.39 Å². The summed E-state index contributed by atoms with van der Waals surface area (Å²) >= 11 is 1.48. The minimum atomic E-state index is -3.25. The van der Waals surface area contributed by atoms with Crippen molar-refractivity contribution < 1.29 is 27.1 Å². The smallest absolute Gasteiger partial charge is 0.380 e. The van der Waals surface area contributed by atoms with Gasteiger partial charge in [0, 0.05) is 17.2 Å². The van der Waals surface area contributed by atoms with Gasteiger partial charge < -0.3 is 9.47 Å². The number of hydrogen-bond acceptors (Lipinski definition) is 6. The van der Waals surface area contributed by atoms with Gasteiger partial charge in [-0.15, -0.1) is 11.8 Å². The molecule has 1 aromatic rings. The van der Waals surface area contributed by atoms with Crippen LogP contribution in [0.3, 0.4) is 0 Å². The fourth-order valence-electron chi connectivity index (χ4n) is 3.80. The molecule has 0 amide bonds. The zero-order valence-electron chi connectivity index (χ0n) is 22.1. The Balaban J connectivity index is 2.01. The van der Waals surface area contributed by atoms with E-state index in [4.69, 9.17) is 4.74 Å². The predicted molar refractivity (Wildman–Crippen MR) is 147 cm³/mol. The van der Waals surface area contributed by atoms with E-state index >= 15 is 0 Å². The van der Waals surface area contributed by atoms with Crippen LogP contribution in [-0.4, -0.2) is 45.9 Å². The van der Waals surface area contributed by atoms with Gasteiger partial charge in [0.1, 0.15) is 5.75 Å². The Bertz CT molecular complexity index is 790. The third-order valence-electron chi connectivity index (χ3n) is 5.91. The van der Waals surface area contributed by atoms with E-state index < -0.39 is 22.4 Å². The zero-order chi connectivity index (χ0) is 26.5. The summed E-state index contributed by atoms with van der Waals surface area (Å²) in [6.45, 7) is 2.60. The molecule has 1 rings (SSSR count). The van der Waals surface area contributed by atoms with Gasteiger partial charge in [0.25, 0.3) is 0 Å². The van der Waals surface area contributed by atoms with Gasteiger partial charge in [-0.05, 0) is 30.7 Å². The van der Waals surface area contributed by atoms with Crippen molar-refractivity contribution in [2.75, 3.05) is 25.2 Å². The normalized spacial score (nSPS) is 12.4. The fraction of sp³-hybridized carbons (Fsp3) is 0.741. The van der Waals surface area contributed by atoms with Crippen molar-refractivity contribution >= 4 is 27.8 Å². The zero-order valence-corrected chi connectivity index (χ0v) is 23.8. The lowest BCUT2D eigenvalue weighted by Crippen LogP contribution is -2.28. The molecular formula is C27H46FNO5S2. The number of thioether (sulfide) groups is 1. The molecule has 1 atom stereocenters. The van der Waals surface area contributed by atoms with Crippen molar-refractivity contribution in [2.45, 2.75) is 108 Å². The number of nitrogens with one attached hydrogen (secondary N) is 1. The van der Waals surface area contributed by atoms with Gasteiger partial charge in [-0.25, -0.2) is 17.9 Å². The first kappa shape index (κ1) is 32.7. The Hall–Kier alpha value is -1.32. The summed E-state index contributed by atoms with van der Waals surface area (Å²) < 4.78 is 49.6. The van der Waals surface area contributed by atoms with E-state index in [9.17, 15) is 17.6 Å². The largest absolute Gasteiger partial charge is 0.464 e. The summed E-state index contributed by atoms with van der Waals surface area (Å²) in [5.74, 6) is -0.126. The van der Waals surface area contributed by atoms with E-state index in [2.05, 4.69) is 16.4 Å². The summed E-state index contributed by atoms with van der Waals surface area (Å²) in [6.07, 6.45) is 15.2. The highest BCUT2D eigenvalue weighted by atomic mass is 32.2. The third-order valence-corrected chi connectivity index (χ3v) is 8.39. The first-order chi connectivity index (χ1) is 17.4. The fourth-order valence-corrected chi connectivity index (χ4v) is 5.84. The third kappa shape index (κ3) is 17.2. The molecule has 0 aliphatic carbocycles. The molecule has 1 unspecified atom stereocenters. The standard InChI is InChI=1S/C27H46FNO5S2/c1-3-4-5-6-7-8-9-10-11-12-13-14-15-16-23-36(31,32)29-21-22-35-25-19-17-24(18-20-25)34-26(28)27(30)33-2/h17-20,26,29H,3-16,21-23H2,1-2H3. The number of carbonyl (C=O) groups is 1. The number of benzene rings is 1. The number of unbranched alkanes of at least 4 members (excludes halogenated alkanes) is 13. The van der Waals surface area contributed by atoms with E-state index in [0.717, 1.165) is 24.8 Å². The van der Waals surface area contributed by atoms with E-state index in [1.165, 1.54) is 82.4 Å². The van der Waals surface area contributed by atoms with Crippen LogP contribution in [0.2, 0.25) is 0 Å². The van der Waals surface area contributed by atoms with Gasteiger partial charge in [0.2, 0.25) is 10.0 Å². The summed E-state index contributed by atoms with van der Waals surface area (Å²) in [4.78, 5) is 11.9. The molecule has 208 valence electrons. The second-order valence-corrected chi connectivity index (χ2v) is 12.2. The molecule has 0 heterocycles. The SMILES string of the molecule is CCCCCCCCCCCCCCCCS(=O)(=O)NCCSc1ccc(OC(F)C(=O)OC)cc1. The van der Waals surface area contributed by atoms with Crippen molar-refractivity contribution in [3.05, 3.63) is 24.3 Å². The van der Waals surface area contributed by atoms with Crippen molar-refractivity contribution in [3.63, 3.8) is 0 Å². The van der Waals surface area contributed by atoms with Crippen LogP contribution in [0.5, 0.6) is 5.75 Å². The van der Waals surface area contributed by atoms with E-state index in [1.807, 2.05) is 0 Å². The lowest BCUT2D eigenvalue weighted by atomic mass is 10.0. The van der Waals surface area contributed by atoms with Crippen LogP contribution in [0.1, 0.15) is 96.8 Å². The molecule has 6 nitrogen and oxygen atoms in total. The highest BCUT2D eigenvalue weighted by Crippen LogP contribution is 2.22. The monoisotopic (exact) mass is 547 g/mol. The van der Waals surface area contributed by atoms with Crippen LogP contribution in [0.25, 0.3) is 0 Å². The lowest BCUT2D eigenvalue weighted by Gasteiger charge is -2.10. The molecule has 1 aromatic carbocycles. The minimum absolute atomic E-state index is 0.173. The van der Waals surface area contributed by atoms with Gasteiger partial charge in [-0.3, -0.25) is 0 Å². The van der Waals surface area contributed by atoms with Gasteiger partial charge >= 0.3 is 12.3 Å². The van der Waals surface area contributed by atoms with Gasteiger partial charge in [-0.1, -0.05) is 90.4 Å². The number of sulfonamides is 1. The second kappa shape index (κ2) is 20.7. The molecule has 0 spiro atoms. The number of halogens is 1. The maximum atomic E-state index is 13.4. The summed E-state index contributed by atoms with van der Waals surface area (Å²) in [5.41, 5.74) is 0. The van der Waals surface area contributed by atoms with E-state index in [0.29, 0.717) is 18.7 Å². The first-order valence-corrected chi connectivity index (χ1v) is 16.1. The van der Waals surface area contributed by atoms with Gasteiger partial charge in [0.05, 0.1) is 12.9 Å². The molecule has 0 fully saturated rings. The number of alkyl halides is 1. The maximum absolute atomic E-state index is 13.4. The minimum Gasteiger partial charge on any atom is -0.464 e. The number of hydrogen-bond donors (Lipinski definition) is 1. The quantitative estimate of drug-likeness (QED) is 0.0900. The topological polar surface area (TPSA) is 81.7 Å². The van der Waals surface area contributed by atoms with Crippen LogP contribution in [0, 0.1) is 0 Å². The lowest BCUT2D eigenvalue weighted by molar-refractivity contribution is -0.157. The Morgan fingerprint density at radius 3 is 1.89 bits per heavy atom. The maximum Gasteiger partial charge on any atom is 0.380 e. The van der Waals surface area contributed by atoms with Crippen molar-refractivity contribution in [1.82, 2.24) is 4.72 Å². The number of ether oxygens (including phenoxy) is 2. The molecule has 0 saturated carbocycles. The Kier molecular flexibility index (Phi) is 18.8. The molecule has 36 heavy (non-hydrogen) atoms. The van der Waals surface area contributed by atoms with Gasteiger partial charge in [-0.2, -0.15) is 4.39 Å².